The topological polar surface area (TPSA) is 72.6 Å². The first kappa shape index (κ1) is 13.7. The third-order valence-electron chi connectivity index (χ3n) is 3.20. The lowest BCUT2D eigenvalue weighted by Gasteiger charge is -2.21. The summed E-state index contributed by atoms with van der Waals surface area (Å²) in [7, 11) is -3.80. The highest BCUT2D eigenvalue weighted by Crippen LogP contribution is 2.33. The van der Waals surface area contributed by atoms with Gasteiger partial charge in [0.25, 0.3) is 10.0 Å². The number of nitrogen functional groups attached to an aromatic ring is 1. The molecule has 0 fully saturated rings. The molecule has 0 spiro atoms. The maximum Gasteiger partial charge on any atom is 0.268 e. The van der Waals surface area contributed by atoms with Crippen LogP contribution in [-0.2, 0) is 10.0 Å². The number of sulfonamides is 1. The fourth-order valence-electron chi connectivity index (χ4n) is 2.20. The Hall–Kier alpha value is -2.28. The summed E-state index contributed by atoms with van der Waals surface area (Å²) < 4.78 is 45.2. The molecule has 2 aromatic carbocycles. The molecule has 21 heavy (non-hydrogen) atoms. The number of rotatable bonds is 1. The molecule has 5 nitrogen and oxygen atoms in total. The maximum atomic E-state index is 13.0. The third-order valence-corrected chi connectivity index (χ3v) is 5.05. The van der Waals surface area contributed by atoms with Crippen molar-refractivity contribution in [1.29, 1.82) is 0 Å². The second kappa shape index (κ2) is 4.92. The maximum absolute atomic E-state index is 13.0. The fraction of sp³-hybridized carbons (Fsp3) is 0.143. The molecule has 7 heteroatoms. The van der Waals surface area contributed by atoms with Crippen LogP contribution in [0, 0.1) is 5.82 Å². The average molecular weight is 308 g/mol. The second-order valence-electron chi connectivity index (χ2n) is 4.61. The Morgan fingerprint density at radius 2 is 1.86 bits per heavy atom. The van der Waals surface area contributed by atoms with Crippen molar-refractivity contribution in [1.82, 2.24) is 0 Å². The molecule has 0 atom stereocenters. The summed E-state index contributed by atoms with van der Waals surface area (Å²) in [6.07, 6.45) is 0. The van der Waals surface area contributed by atoms with Crippen LogP contribution in [0.2, 0.25) is 0 Å². The minimum atomic E-state index is -3.80. The third kappa shape index (κ3) is 2.40. The molecule has 0 aliphatic carbocycles. The van der Waals surface area contributed by atoms with E-state index in [-0.39, 0.29) is 23.8 Å². The Bertz CT molecular complexity index is 775. The molecule has 2 aromatic rings. The van der Waals surface area contributed by atoms with E-state index in [1.54, 1.807) is 6.07 Å². The van der Waals surface area contributed by atoms with Gasteiger partial charge in [0.2, 0.25) is 0 Å². The minimum absolute atomic E-state index is 0.0179. The van der Waals surface area contributed by atoms with Crippen molar-refractivity contribution >= 4 is 21.4 Å². The van der Waals surface area contributed by atoms with Gasteiger partial charge in [-0.05, 0) is 42.5 Å². The van der Waals surface area contributed by atoms with Gasteiger partial charge in [-0.2, -0.15) is 0 Å². The molecule has 0 radical (unpaired) electrons. The summed E-state index contributed by atoms with van der Waals surface area (Å²) in [5, 5.41) is 0. The molecular formula is C14H13FN2O3S. The lowest BCUT2D eigenvalue weighted by Crippen LogP contribution is -2.32. The monoisotopic (exact) mass is 308 g/mol. The Kier molecular flexibility index (Phi) is 3.21. The molecule has 110 valence electrons. The first-order valence-electron chi connectivity index (χ1n) is 6.29. The van der Waals surface area contributed by atoms with E-state index in [2.05, 4.69) is 0 Å². The van der Waals surface area contributed by atoms with Crippen molar-refractivity contribution in [2.24, 2.45) is 0 Å². The smallest absolute Gasteiger partial charge is 0.268 e. The molecule has 2 N–H and O–H groups in total. The molecule has 1 aliphatic heterocycles. The summed E-state index contributed by atoms with van der Waals surface area (Å²) in [5.41, 5.74) is 6.39. The van der Waals surface area contributed by atoms with Crippen LogP contribution in [0.1, 0.15) is 0 Å². The minimum Gasteiger partial charge on any atom is -0.490 e. The zero-order valence-electron chi connectivity index (χ0n) is 11.0. The highest BCUT2D eigenvalue weighted by atomic mass is 32.2. The van der Waals surface area contributed by atoms with Gasteiger partial charge in [-0.3, -0.25) is 4.31 Å². The normalized spacial score (nSPS) is 16.7. The van der Waals surface area contributed by atoms with Crippen molar-refractivity contribution in [3.05, 3.63) is 48.3 Å². The molecule has 0 saturated heterocycles. The van der Waals surface area contributed by atoms with Crippen molar-refractivity contribution in [3.63, 3.8) is 0 Å². The van der Waals surface area contributed by atoms with Crippen LogP contribution in [0.4, 0.5) is 15.8 Å². The van der Waals surface area contributed by atoms with Crippen molar-refractivity contribution in [3.8, 4) is 5.75 Å². The quantitative estimate of drug-likeness (QED) is 0.818. The van der Waals surface area contributed by atoms with E-state index in [4.69, 9.17) is 10.5 Å². The van der Waals surface area contributed by atoms with Crippen LogP contribution in [-0.4, -0.2) is 21.6 Å². The standard InChI is InChI=1S/C14H13FN2O3S/c15-10-1-4-12(5-2-10)17-7-8-20-13-6-3-11(16)9-14(13)21(17,18)19/h1-6,9H,7-8,16H2. The Morgan fingerprint density at radius 3 is 2.57 bits per heavy atom. The number of anilines is 2. The van der Waals surface area contributed by atoms with Crippen LogP contribution in [0.25, 0.3) is 0 Å². The molecule has 0 saturated carbocycles. The molecular weight excluding hydrogens is 295 g/mol. The first-order valence-corrected chi connectivity index (χ1v) is 7.73. The van der Waals surface area contributed by atoms with E-state index in [9.17, 15) is 12.8 Å². The number of hydrogen-bond acceptors (Lipinski definition) is 4. The predicted molar refractivity (Wildman–Crippen MR) is 77.3 cm³/mol. The van der Waals surface area contributed by atoms with Crippen LogP contribution in [0.15, 0.2) is 47.4 Å². The largest absolute Gasteiger partial charge is 0.490 e. The van der Waals surface area contributed by atoms with Crippen molar-refractivity contribution < 1.29 is 17.5 Å². The molecule has 3 rings (SSSR count). The molecule has 1 heterocycles. The number of benzene rings is 2. The summed E-state index contributed by atoms with van der Waals surface area (Å²) in [5.74, 6) is -0.152. The molecule has 0 amide bonds. The van der Waals surface area contributed by atoms with Crippen molar-refractivity contribution in [2.75, 3.05) is 23.2 Å². The van der Waals surface area contributed by atoms with E-state index < -0.39 is 15.8 Å². The van der Waals surface area contributed by atoms with Crippen LogP contribution in [0.5, 0.6) is 5.75 Å². The number of nitrogens with zero attached hydrogens (tertiary/aromatic N) is 1. The first-order chi connectivity index (χ1) is 9.98. The van der Waals surface area contributed by atoms with Crippen molar-refractivity contribution in [2.45, 2.75) is 4.90 Å². The Labute approximate surface area is 121 Å². The summed E-state index contributed by atoms with van der Waals surface area (Å²) in [6.45, 7) is 0.343. The average Bonchev–Trinajstić information content (AvgIpc) is 2.57. The Balaban J connectivity index is 2.13. The van der Waals surface area contributed by atoms with E-state index in [0.717, 1.165) is 0 Å². The van der Waals surface area contributed by atoms with E-state index in [1.807, 2.05) is 0 Å². The van der Waals surface area contributed by atoms with Crippen LogP contribution < -0.4 is 14.8 Å². The second-order valence-corrected chi connectivity index (χ2v) is 6.44. The summed E-state index contributed by atoms with van der Waals surface area (Å²) in [6, 6.07) is 9.77. The van der Waals surface area contributed by atoms with Gasteiger partial charge < -0.3 is 10.5 Å². The molecule has 1 aliphatic rings. The fourth-order valence-corrected chi connectivity index (χ4v) is 3.82. The Morgan fingerprint density at radius 1 is 1.14 bits per heavy atom. The SMILES string of the molecule is Nc1ccc2c(c1)S(=O)(=O)N(c1ccc(F)cc1)CCO2. The van der Waals surface area contributed by atoms with E-state index in [0.29, 0.717) is 11.4 Å². The van der Waals surface area contributed by atoms with E-state index in [1.165, 1.54) is 40.7 Å². The van der Waals surface area contributed by atoms with Gasteiger partial charge in [0.1, 0.15) is 23.1 Å². The van der Waals surface area contributed by atoms with E-state index >= 15 is 0 Å². The number of fused-ring (bicyclic) bond motifs is 1. The highest BCUT2D eigenvalue weighted by Gasteiger charge is 2.31. The predicted octanol–water partition coefficient (Wildman–Crippen LogP) is 2.00. The molecule has 0 aromatic heterocycles. The number of halogens is 1. The number of nitrogens with two attached hydrogens (primary N) is 1. The molecule has 0 bridgehead atoms. The van der Waals surface area contributed by atoms with Gasteiger partial charge in [-0.1, -0.05) is 0 Å². The zero-order valence-corrected chi connectivity index (χ0v) is 11.8. The zero-order chi connectivity index (χ0) is 15.0. The van der Waals surface area contributed by atoms with Gasteiger partial charge in [0.05, 0.1) is 12.2 Å². The number of hydrogen-bond donors (Lipinski definition) is 1. The lowest BCUT2D eigenvalue weighted by molar-refractivity contribution is 0.325. The highest BCUT2D eigenvalue weighted by molar-refractivity contribution is 7.93. The summed E-state index contributed by atoms with van der Waals surface area (Å²) in [4.78, 5) is 0.0179. The van der Waals surface area contributed by atoms with Gasteiger partial charge in [-0.15, -0.1) is 0 Å². The van der Waals surface area contributed by atoms with Crippen LogP contribution >= 0.6 is 0 Å². The van der Waals surface area contributed by atoms with Crippen LogP contribution in [0.3, 0.4) is 0 Å². The van der Waals surface area contributed by atoms with Gasteiger partial charge in [0.15, 0.2) is 0 Å². The summed E-state index contributed by atoms with van der Waals surface area (Å²) >= 11 is 0. The lowest BCUT2D eigenvalue weighted by atomic mass is 10.3. The van der Waals surface area contributed by atoms with Gasteiger partial charge >= 0.3 is 0 Å². The van der Waals surface area contributed by atoms with Gasteiger partial charge in [-0.25, -0.2) is 12.8 Å². The van der Waals surface area contributed by atoms with Gasteiger partial charge in [0, 0.05) is 5.69 Å². The molecule has 0 unspecified atom stereocenters. The number of ether oxygens (including phenoxy) is 1.